The molecule has 1 N–H and O–H groups in total. The van der Waals surface area contributed by atoms with Crippen LogP contribution in [0, 0.1) is 5.92 Å². The SMILES string of the molecule is CC([CH2][Zn][Br])C(=O)O. The van der Waals surface area contributed by atoms with Gasteiger partial charge < -0.3 is 0 Å². The van der Waals surface area contributed by atoms with Crippen molar-refractivity contribution in [3.63, 3.8) is 0 Å². The number of aliphatic carboxylic acids is 1. The van der Waals surface area contributed by atoms with Crippen molar-refractivity contribution in [1.82, 2.24) is 0 Å². The molecule has 0 spiro atoms. The van der Waals surface area contributed by atoms with Gasteiger partial charge >= 0.3 is 62.5 Å². The summed E-state index contributed by atoms with van der Waals surface area (Å²) >= 11 is 2.74. The van der Waals surface area contributed by atoms with Crippen molar-refractivity contribution >= 4 is 19.6 Å². The molecule has 0 aromatic heterocycles. The molecule has 4 heteroatoms. The topological polar surface area (TPSA) is 37.3 Å². The van der Waals surface area contributed by atoms with E-state index >= 15 is 0 Å². The molecular formula is C4H7BrO2Zn. The van der Waals surface area contributed by atoms with Gasteiger partial charge in [-0.05, 0) is 0 Å². The molecule has 0 aromatic carbocycles. The van der Waals surface area contributed by atoms with E-state index in [9.17, 15) is 4.79 Å². The third kappa shape index (κ3) is 3.56. The van der Waals surface area contributed by atoms with E-state index in [2.05, 4.69) is 13.6 Å². The Hall–Kier alpha value is 0.573. The molecule has 0 bridgehead atoms. The van der Waals surface area contributed by atoms with E-state index in [1.54, 1.807) is 6.92 Å². The van der Waals surface area contributed by atoms with Gasteiger partial charge in [0, 0.05) is 0 Å². The van der Waals surface area contributed by atoms with Gasteiger partial charge in [-0.2, -0.15) is 0 Å². The molecule has 0 aliphatic carbocycles. The van der Waals surface area contributed by atoms with Crippen LogP contribution in [0.25, 0.3) is 0 Å². The van der Waals surface area contributed by atoms with Crippen LogP contribution in [0.4, 0.5) is 0 Å². The number of hydrogen-bond donors (Lipinski definition) is 1. The fourth-order valence-corrected chi connectivity index (χ4v) is 5.06. The Bertz CT molecular complexity index is 86.1. The first kappa shape index (κ1) is 8.57. The van der Waals surface area contributed by atoms with Gasteiger partial charge in [0.1, 0.15) is 0 Å². The van der Waals surface area contributed by atoms with Crippen LogP contribution < -0.4 is 0 Å². The molecule has 0 saturated carbocycles. The molecule has 8 heavy (non-hydrogen) atoms. The van der Waals surface area contributed by atoms with E-state index in [4.69, 9.17) is 5.11 Å². The number of carboxylic acids is 1. The van der Waals surface area contributed by atoms with Gasteiger partial charge in [0.05, 0.1) is 0 Å². The molecular weight excluding hydrogens is 225 g/mol. The van der Waals surface area contributed by atoms with E-state index in [0.29, 0.717) is 0 Å². The fourth-order valence-electron chi connectivity index (χ4n) is 0.287. The standard InChI is InChI=1S/C4H7O2.BrH.Zn/c1-3(2)4(5)6;;/h3H,1H2,2H3,(H,5,6);1H;/q;;+1/p-1. The first-order chi connectivity index (χ1) is 3.68. The van der Waals surface area contributed by atoms with Crippen LogP contribution in [0.2, 0.25) is 5.02 Å². The van der Waals surface area contributed by atoms with Crippen molar-refractivity contribution in [2.45, 2.75) is 11.9 Å². The Morgan fingerprint density at radius 1 is 2.00 bits per heavy atom. The molecule has 0 fully saturated rings. The molecule has 0 rings (SSSR count). The molecule has 0 aliphatic heterocycles. The summed E-state index contributed by atoms with van der Waals surface area (Å²) in [5.41, 5.74) is 0. The monoisotopic (exact) mass is 230 g/mol. The van der Waals surface area contributed by atoms with Crippen molar-refractivity contribution in [2.75, 3.05) is 0 Å². The molecule has 1 atom stereocenters. The van der Waals surface area contributed by atoms with Gasteiger partial charge in [-0.15, -0.1) is 0 Å². The molecule has 0 heterocycles. The van der Waals surface area contributed by atoms with E-state index in [-0.39, 0.29) is 5.92 Å². The van der Waals surface area contributed by atoms with Gasteiger partial charge in [0.2, 0.25) is 0 Å². The maximum atomic E-state index is 10.1. The minimum absolute atomic E-state index is 0.130. The van der Waals surface area contributed by atoms with Crippen LogP contribution in [0.1, 0.15) is 6.92 Å². The minimum atomic E-state index is -0.671. The molecule has 0 aliphatic rings. The van der Waals surface area contributed by atoms with Gasteiger partial charge in [-0.25, -0.2) is 0 Å². The Kier molecular flexibility index (Phi) is 4.77. The second-order valence-electron chi connectivity index (χ2n) is 1.72. The number of hydrogen-bond acceptors (Lipinski definition) is 1. The Morgan fingerprint density at radius 2 is 2.50 bits per heavy atom. The van der Waals surface area contributed by atoms with Gasteiger partial charge in [-0.1, -0.05) is 0 Å². The van der Waals surface area contributed by atoms with Crippen molar-refractivity contribution in [1.29, 1.82) is 0 Å². The Morgan fingerprint density at radius 3 is 2.62 bits per heavy atom. The first-order valence-corrected chi connectivity index (χ1v) is 11.5. The summed E-state index contributed by atoms with van der Waals surface area (Å²) in [6.07, 6.45) is 0. The second-order valence-corrected chi connectivity index (χ2v) is 7.84. The molecule has 44 valence electrons. The fraction of sp³-hybridized carbons (Fsp3) is 0.750. The Labute approximate surface area is 62.6 Å². The van der Waals surface area contributed by atoms with Crippen molar-refractivity contribution in [3.8, 4) is 0 Å². The van der Waals surface area contributed by atoms with E-state index < -0.39 is 21.1 Å². The summed E-state index contributed by atoms with van der Waals surface area (Å²) in [5, 5.41) is 9.21. The second kappa shape index (κ2) is 4.45. The predicted octanol–water partition coefficient (Wildman–Crippen LogP) is 1.52. The predicted molar refractivity (Wildman–Crippen MR) is 30.5 cm³/mol. The average Bonchev–Trinajstić information content (AvgIpc) is 1.67. The normalized spacial score (nSPS) is 12.2. The van der Waals surface area contributed by atoms with Crippen LogP contribution in [0.15, 0.2) is 0 Å². The zero-order valence-electron chi connectivity index (χ0n) is 4.72. The number of carboxylic acid groups (broad SMARTS) is 1. The number of halogens is 1. The molecule has 1 unspecified atom stereocenters. The quantitative estimate of drug-likeness (QED) is 0.749. The Balaban J connectivity index is 3.32. The van der Waals surface area contributed by atoms with E-state index in [1.165, 1.54) is 0 Å². The van der Waals surface area contributed by atoms with Crippen molar-refractivity contribution in [3.05, 3.63) is 0 Å². The first-order valence-electron chi connectivity index (χ1n) is 2.47. The number of carbonyl (C=O) groups is 1. The summed E-state index contributed by atoms with van der Waals surface area (Å²) in [6.45, 7) is 1.74. The van der Waals surface area contributed by atoms with Crippen molar-refractivity contribution < 1.29 is 25.1 Å². The maximum absolute atomic E-state index is 10.1. The van der Waals surface area contributed by atoms with Gasteiger partial charge in [-0.3, -0.25) is 0 Å². The zero-order valence-corrected chi connectivity index (χ0v) is 9.28. The van der Waals surface area contributed by atoms with E-state index in [0.717, 1.165) is 5.02 Å². The van der Waals surface area contributed by atoms with Crippen LogP contribution in [0.3, 0.4) is 0 Å². The van der Waals surface area contributed by atoms with Crippen LogP contribution in [-0.2, 0) is 20.0 Å². The molecule has 0 radical (unpaired) electrons. The summed E-state index contributed by atoms with van der Waals surface area (Å²) in [5.74, 6) is -0.801. The average molecular weight is 232 g/mol. The molecule has 0 aromatic rings. The summed E-state index contributed by atoms with van der Waals surface area (Å²) in [4.78, 5) is 10.1. The van der Waals surface area contributed by atoms with Crippen LogP contribution in [0.5, 0.6) is 0 Å². The zero-order chi connectivity index (χ0) is 6.57. The van der Waals surface area contributed by atoms with Gasteiger partial charge in [0.15, 0.2) is 0 Å². The summed E-state index contributed by atoms with van der Waals surface area (Å²) < 4.78 is 0. The summed E-state index contributed by atoms with van der Waals surface area (Å²) in [6, 6.07) is 0. The summed E-state index contributed by atoms with van der Waals surface area (Å²) in [7, 11) is 0. The molecule has 2 nitrogen and oxygen atoms in total. The van der Waals surface area contributed by atoms with E-state index in [1.807, 2.05) is 0 Å². The molecule has 0 amide bonds. The number of rotatable bonds is 3. The third-order valence-corrected chi connectivity index (χ3v) is 5.62. The molecule has 0 saturated heterocycles. The van der Waals surface area contributed by atoms with Crippen LogP contribution >= 0.6 is 13.6 Å². The van der Waals surface area contributed by atoms with Crippen LogP contribution in [-0.4, -0.2) is 11.1 Å². The van der Waals surface area contributed by atoms with Crippen molar-refractivity contribution in [2.24, 2.45) is 5.92 Å². The van der Waals surface area contributed by atoms with Gasteiger partial charge in [0.25, 0.3) is 0 Å². The third-order valence-electron chi connectivity index (χ3n) is 0.964.